The molecule has 0 amide bonds. The zero-order valence-electron chi connectivity index (χ0n) is 23.3. The highest BCUT2D eigenvalue weighted by Gasteiger charge is 2.40. The molecule has 0 saturated carbocycles. The minimum absolute atomic E-state index is 0.254. The number of carbonyl (C=O) groups excluding carboxylic acids is 1. The van der Waals surface area contributed by atoms with Crippen LogP contribution in [0.3, 0.4) is 0 Å². The minimum Gasteiger partial charge on any atom is -0.298 e. The monoisotopic (exact) mass is 646 g/mol. The summed E-state index contributed by atoms with van der Waals surface area (Å²) in [6.45, 7) is 15.0. The van der Waals surface area contributed by atoms with E-state index in [4.69, 9.17) is 9.97 Å². The summed E-state index contributed by atoms with van der Waals surface area (Å²) in [6.07, 6.45) is 2.46. The summed E-state index contributed by atoms with van der Waals surface area (Å²) in [5, 5.41) is 0. The third kappa shape index (κ3) is 4.70. The van der Waals surface area contributed by atoms with Gasteiger partial charge in [-0.3, -0.25) is 14.6 Å². The molecule has 0 fully saturated rings. The third-order valence-electron chi connectivity index (χ3n) is 7.29. The Labute approximate surface area is 247 Å². The molecule has 0 atom stereocenters. The Morgan fingerprint density at radius 2 is 1.21 bits per heavy atom. The molecule has 0 radical (unpaired) electrons. The maximum Gasteiger partial charge on any atom is 0.183 e. The number of fused-ring (bicyclic) bond motifs is 2. The zero-order valence-corrected chi connectivity index (χ0v) is 26.5. The van der Waals surface area contributed by atoms with Crippen LogP contribution in [0, 0.1) is 20.8 Å². The molecular formula is C32H32Br2N4O. The van der Waals surface area contributed by atoms with Crippen LogP contribution in [0.1, 0.15) is 67.3 Å². The summed E-state index contributed by atoms with van der Waals surface area (Å²) in [6, 6.07) is 14.8. The number of para-hydroxylation sites is 1. The predicted molar refractivity (Wildman–Crippen MR) is 169 cm³/mol. The van der Waals surface area contributed by atoms with Crippen molar-refractivity contribution in [2.45, 2.75) is 60.3 Å². The molecule has 5 rings (SSSR count). The van der Waals surface area contributed by atoms with E-state index in [1.807, 2.05) is 4.90 Å². The molecule has 0 aliphatic carbocycles. The highest BCUT2D eigenvalue weighted by Crippen LogP contribution is 2.54. The summed E-state index contributed by atoms with van der Waals surface area (Å²) in [7, 11) is 0. The van der Waals surface area contributed by atoms with Crippen LogP contribution in [0.15, 0.2) is 63.3 Å². The predicted octanol–water partition coefficient (Wildman–Crippen LogP) is 9.66. The van der Waals surface area contributed by atoms with E-state index in [0.717, 1.165) is 54.3 Å². The fourth-order valence-electron chi connectivity index (χ4n) is 5.24. The Bertz CT molecular complexity index is 1610. The lowest BCUT2D eigenvalue weighted by atomic mass is 9.92. The van der Waals surface area contributed by atoms with Crippen molar-refractivity contribution < 1.29 is 4.79 Å². The first-order valence-corrected chi connectivity index (χ1v) is 14.7. The minimum atomic E-state index is 0.254. The molecule has 0 spiro atoms. The lowest BCUT2D eigenvalue weighted by molar-refractivity contribution is -0.104. The van der Waals surface area contributed by atoms with Gasteiger partial charge in [0.1, 0.15) is 12.1 Å². The molecule has 7 heteroatoms. The van der Waals surface area contributed by atoms with E-state index in [-0.39, 0.29) is 11.8 Å². The number of hydrogen-bond acceptors (Lipinski definition) is 5. The fourth-order valence-corrected chi connectivity index (χ4v) is 7.01. The van der Waals surface area contributed by atoms with E-state index in [1.165, 1.54) is 11.1 Å². The number of anilines is 4. The van der Waals surface area contributed by atoms with Gasteiger partial charge in [-0.05, 0) is 117 Å². The Hall–Kier alpha value is -3.03. The standard InChI is InChI=1S/C32H32Br2N4O/c1-17(2)22-9-8-10-23(18(3)4)29(22)37-28(11-12-39)38(30-24(33)13-19(5)14-25(30)34)32-31(37)35-26-15-20(6)21(7)16-27(26)36-32/h8-18H,1-7H3/b28-11+. The van der Waals surface area contributed by atoms with E-state index in [9.17, 15) is 4.79 Å². The summed E-state index contributed by atoms with van der Waals surface area (Å²) >= 11 is 7.61. The van der Waals surface area contributed by atoms with Gasteiger partial charge in [-0.1, -0.05) is 45.9 Å². The number of benzene rings is 3. The number of aromatic nitrogens is 2. The molecule has 1 aromatic heterocycles. The van der Waals surface area contributed by atoms with Gasteiger partial charge < -0.3 is 0 Å². The first-order chi connectivity index (χ1) is 18.5. The summed E-state index contributed by atoms with van der Waals surface area (Å²) < 4.78 is 1.78. The van der Waals surface area contributed by atoms with Gasteiger partial charge in [0.05, 0.1) is 22.4 Å². The number of allylic oxidation sites excluding steroid dienone is 1. The second kappa shape index (κ2) is 10.5. The number of aryl methyl sites for hydroxylation is 3. The van der Waals surface area contributed by atoms with Gasteiger partial charge >= 0.3 is 0 Å². The van der Waals surface area contributed by atoms with Gasteiger partial charge in [0.25, 0.3) is 0 Å². The van der Waals surface area contributed by atoms with Crippen LogP contribution < -0.4 is 9.80 Å². The van der Waals surface area contributed by atoms with Crippen molar-refractivity contribution in [1.82, 2.24) is 9.97 Å². The number of hydrogen-bond donors (Lipinski definition) is 0. The summed E-state index contributed by atoms with van der Waals surface area (Å²) in [4.78, 5) is 26.9. The van der Waals surface area contributed by atoms with Gasteiger partial charge in [0, 0.05) is 15.0 Å². The van der Waals surface area contributed by atoms with Crippen molar-refractivity contribution in [3.63, 3.8) is 0 Å². The second-order valence-electron chi connectivity index (χ2n) is 10.8. The number of halogens is 2. The van der Waals surface area contributed by atoms with Crippen molar-refractivity contribution in [1.29, 1.82) is 0 Å². The molecule has 39 heavy (non-hydrogen) atoms. The Balaban J connectivity index is 1.94. The maximum atomic E-state index is 12.3. The summed E-state index contributed by atoms with van der Waals surface area (Å²) in [5.41, 5.74) is 9.36. The SMILES string of the molecule is Cc1cc(Br)c(N2/C(=C/C=O)N(c3c(C(C)C)cccc3C(C)C)c3nc4cc(C)c(C)cc4nc32)c(Br)c1. The molecule has 0 saturated heterocycles. The molecule has 3 aromatic carbocycles. The first-order valence-electron chi connectivity index (χ1n) is 13.2. The second-order valence-corrected chi connectivity index (χ2v) is 12.5. The highest BCUT2D eigenvalue weighted by atomic mass is 79.9. The maximum absolute atomic E-state index is 12.3. The number of nitrogens with zero attached hydrogens (tertiary/aromatic N) is 4. The van der Waals surface area contributed by atoms with Crippen molar-refractivity contribution >= 4 is 72.2 Å². The lowest BCUT2D eigenvalue weighted by Crippen LogP contribution is -2.25. The molecule has 1 aliphatic heterocycles. The van der Waals surface area contributed by atoms with Gasteiger partial charge in [0.2, 0.25) is 0 Å². The van der Waals surface area contributed by atoms with Crippen LogP contribution in [-0.2, 0) is 4.79 Å². The van der Waals surface area contributed by atoms with Crippen LogP contribution >= 0.6 is 31.9 Å². The topological polar surface area (TPSA) is 49.3 Å². The van der Waals surface area contributed by atoms with Crippen LogP contribution in [0.5, 0.6) is 0 Å². The molecule has 1 aliphatic rings. The van der Waals surface area contributed by atoms with Crippen LogP contribution in [0.25, 0.3) is 11.0 Å². The molecule has 0 N–H and O–H groups in total. The lowest BCUT2D eigenvalue weighted by Gasteiger charge is -2.30. The van der Waals surface area contributed by atoms with Crippen molar-refractivity contribution in [2.75, 3.05) is 9.80 Å². The largest absolute Gasteiger partial charge is 0.298 e. The van der Waals surface area contributed by atoms with Gasteiger partial charge in [-0.15, -0.1) is 0 Å². The average Bonchev–Trinajstić information content (AvgIpc) is 3.14. The Kier molecular flexibility index (Phi) is 7.42. The van der Waals surface area contributed by atoms with Crippen molar-refractivity contribution in [3.8, 4) is 0 Å². The molecule has 200 valence electrons. The van der Waals surface area contributed by atoms with E-state index in [2.05, 4.69) is 128 Å². The van der Waals surface area contributed by atoms with E-state index >= 15 is 0 Å². The van der Waals surface area contributed by atoms with E-state index in [0.29, 0.717) is 17.5 Å². The van der Waals surface area contributed by atoms with Crippen LogP contribution in [-0.4, -0.2) is 16.3 Å². The number of rotatable bonds is 5. The Morgan fingerprint density at radius 1 is 0.744 bits per heavy atom. The average molecular weight is 648 g/mol. The molecule has 4 aromatic rings. The first kappa shape index (κ1) is 27.5. The normalized spacial score (nSPS) is 14.3. The number of aldehydes is 1. The van der Waals surface area contributed by atoms with Crippen LogP contribution in [0.4, 0.5) is 23.0 Å². The van der Waals surface area contributed by atoms with Gasteiger partial charge in [-0.25, -0.2) is 9.97 Å². The highest BCUT2D eigenvalue weighted by molar-refractivity contribution is 9.11. The zero-order chi connectivity index (χ0) is 28.2. The van der Waals surface area contributed by atoms with E-state index < -0.39 is 0 Å². The van der Waals surface area contributed by atoms with Gasteiger partial charge in [0.15, 0.2) is 11.6 Å². The Morgan fingerprint density at radius 3 is 1.64 bits per heavy atom. The summed E-state index contributed by atoms with van der Waals surface area (Å²) in [5.74, 6) is 2.57. The van der Waals surface area contributed by atoms with E-state index in [1.54, 1.807) is 6.08 Å². The van der Waals surface area contributed by atoms with Crippen molar-refractivity contribution in [3.05, 3.63) is 91.1 Å². The molecule has 0 bridgehead atoms. The third-order valence-corrected chi connectivity index (χ3v) is 8.50. The fraction of sp³-hybridized carbons (Fsp3) is 0.281. The van der Waals surface area contributed by atoms with Gasteiger partial charge in [-0.2, -0.15) is 0 Å². The van der Waals surface area contributed by atoms with Crippen LogP contribution in [0.2, 0.25) is 0 Å². The smallest absolute Gasteiger partial charge is 0.183 e. The molecular weight excluding hydrogens is 616 g/mol. The quantitative estimate of drug-likeness (QED) is 0.159. The number of carbonyl (C=O) groups is 1. The molecule has 0 unspecified atom stereocenters. The molecule has 5 nitrogen and oxygen atoms in total. The van der Waals surface area contributed by atoms with Crippen molar-refractivity contribution in [2.24, 2.45) is 0 Å². The molecule has 2 heterocycles.